The molecule has 0 saturated carbocycles. The Morgan fingerprint density at radius 1 is 0.658 bits per heavy atom. The monoisotopic (exact) mass is 620 g/mol. The van der Waals surface area contributed by atoms with Crippen molar-refractivity contribution >= 4 is 10.1 Å². The van der Waals surface area contributed by atoms with Crippen molar-refractivity contribution in [2.75, 3.05) is 0 Å². The second-order valence-corrected chi connectivity index (χ2v) is 8.14. The first-order valence-corrected chi connectivity index (χ1v) is 9.74. The molecule has 0 bridgehead atoms. The molecule has 1 rings (SSSR count). The van der Waals surface area contributed by atoms with E-state index < -0.39 is 92.2 Å². The lowest BCUT2D eigenvalue weighted by Gasteiger charge is -2.41. The van der Waals surface area contributed by atoms with Crippen LogP contribution in [0.5, 0.6) is 11.5 Å². The highest BCUT2D eigenvalue weighted by atomic mass is 32.2. The van der Waals surface area contributed by atoms with Crippen LogP contribution in [0.1, 0.15) is 0 Å². The lowest BCUT2D eigenvalue weighted by molar-refractivity contribution is -0.365. The Labute approximate surface area is 196 Å². The summed E-state index contributed by atoms with van der Waals surface area (Å²) in [6.45, 7) is 0. The number of ether oxygens (including phenoxy) is 1. The highest BCUT2D eigenvalue weighted by Crippen LogP contribution is 2.63. The Hall–Kier alpha value is -2.72. The van der Waals surface area contributed by atoms with E-state index in [0.29, 0.717) is 0 Å². The third kappa shape index (κ3) is 5.66. The molecule has 1 aromatic rings. The molecule has 0 radical (unpaired) electrons. The normalized spacial score (nSPS) is 14.9. The van der Waals surface area contributed by atoms with Crippen molar-refractivity contribution in [3.63, 3.8) is 0 Å². The van der Waals surface area contributed by atoms with Crippen molar-refractivity contribution in [1.82, 2.24) is 0 Å². The number of phenolic OH excluding ortho intramolecular Hbond substituents is 1. The van der Waals surface area contributed by atoms with Gasteiger partial charge in [0.25, 0.3) is 10.1 Å². The van der Waals surface area contributed by atoms with E-state index in [-0.39, 0.29) is 6.07 Å². The van der Waals surface area contributed by atoms with Gasteiger partial charge in [0.2, 0.25) is 5.76 Å². The molecule has 2 N–H and O–H groups in total. The Morgan fingerprint density at radius 3 is 1.24 bits per heavy atom. The number of rotatable bonds is 5. The van der Waals surface area contributed by atoms with E-state index in [4.69, 9.17) is 4.55 Å². The molecule has 1 aromatic carbocycles. The van der Waals surface area contributed by atoms with E-state index in [9.17, 15) is 88.2 Å². The summed E-state index contributed by atoms with van der Waals surface area (Å²) in [5.41, 5.74) is -22.6. The highest BCUT2D eigenvalue weighted by Gasteiger charge is 2.88. The SMILES string of the molecule is O=S(=O)(O)c1ccc(OC(=C(C(F)(C(F)(F)F)C(F)(F)F)C(F)(C(F)(F)F)C(F)(F)F)C(F)(F)F)c(O)c1. The first-order valence-electron chi connectivity index (χ1n) is 8.30. The maximum atomic E-state index is 14.5. The van der Waals surface area contributed by atoms with Crippen molar-refractivity contribution in [2.45, 2.75) is 47.1 Å². The van der Waals surface area contributed by atoms with Gasteiger partial charge in [-0.3, -0.25) is 4.55 Å². The Bertz CT molecular complexity index is 1120. The zero-order chi connectivity index (χ0) is 30.7. The molecule has 38 heavy (non-hydrogen) atoms. The molecule has 0 unspecified atom stereocenters. The number of benzene rings is 1. The van der Waals surface area contributed by atoms with Gasteiger partial charge in [-0.05, 0) is 12.1 Å². The molecule has 0 aliphatic carbocycles. The molecule has 0 aromatic heterocycles. The zero-order valence-electron chi connectivity index (χ0n) is 16.7. The maximum absolute atomic E-state index is 14.5. The van der Waals surface area contributed by atoms with Crippen LogP contribution in [0.25, 0.3) is 0 Å². The number of phenols is 1. The van der Waals surface area contributed by atoms with Crippen LogP contribution in [-0.2, 0) is 10.1 Å². The minimum absolute atomic E-state index is 0.190. The van der Waals surface area contributed by atoms with Gasteiger partial charge < -0.3 is 9.84 Å². The van der Waals surface area contributed by atoms with Gasteiger partial charge in [0.15, 0.2) is 11.5 Å². The largest absolute Gasteiger partial charge is 0.504 e. The number of halogens is 17. The summed E-state index contributed by atoms with van der Waals surface area (Å²) >= 11 is 0. The summed E-state index contributed by atoms with van der Waals surface area (Å²) in [4.78, 5) is -1.53. The summed E-state index contributed by atoms with van der Waals surface area (Å²) in [5, 5.41) is 9.43. The van der Waals surface area contributed by atoms with Gasteiger partial charge in [0.1, 0.15) is 0 Å². The second-order valence-electron chi connectivity index (χ2n) is 6.72. The number of hydrogen-bond donors (Lipinski definition) is 2. The average molecular weight is 620 g/mol. The molecule has 0 aliphatic rings. The molecular weight excluding hydrogens is 615 g/mol. The van der Waals surface area contributed by atoms with Gasteiger partial charge in [-0.15, -0.1) is 0 Å². The van der Waals surface area contributed by atoms with Gasteiger partial charge >= 0.3 is 42.2 Å². The molecule has 0 aliphatic heterocycles. The van der Waals surface area contributed by atoms with Crippen LogP contribution >= 0.6 is 0 Å². The zero-order valence-corrected chi connectivity index (χ0v) is 17.5. The van der Waals surface area contributed by atoms with E-state index in [2.05, 4.69) is 4.74 Å². The highest BCUT2D eigenvalue weighted by molar-refractivity contribution is 7.85. The number of hydrogen-bond acceptors (Lipinski definition) is 4. The minimum atomic E-state index is -8.42. The fourth-order valence-electron chi connectivity index (χ4n) is 2.54. The molecule has 23 heteroatoms. The molecule has 0 saturated heterocycles. The topological polar surface area (TPSA) is 83.8 Å². The lowest BCUT2D eigenvalue weighted by Crippen LogP contribution is -2.67. The predicted molar refractivity (Wildman–Crippen MR) is 83.5 cm³/mol. The first-order chi connectivity index (χ1) is 16.3. The third-order valence-electron chi connectivity index (χ3n) is 4.18. The number of allylic oxidation sites excluding steroid dienone is 2. The van der Waals surface area contributed by atoms with Crippen molar-refractivity contribution in [1.29, 1.82) is 0 Å². The Kier molecular flexibility index (Phi) is 8.05. The van der Waals surface area contributed by atoms with Crippen LogP contribution in [-0.4, -0.2) is 60.3 Å². The molecule has 0 fully saturated rings. The van der Waals surface area contributed by atoms with Crippen LogP contribution in [0.2, 0.25) is 0 Å². The third-order valence-corrected chi connectivity index (χ3v) is 5.03. The standard InChI is InChI=1S/C15H5F17O5S/c16-9(12(21,22)23,13(24,25)26)7(10(17,14(27,28)29)15(30,31)32)8(11(18,19)20)37-6-2-1-4(3-5(6)33)38(34,35)36/h1-3,33H,(H,34,35,36). The molecular formula is C15H5F17O5S. The van der Waals surface area contributed by atoms with Crippen molar-refractivity contribution < 1.29 is 97.5 Å². The summed E-state index contributed by atoms with van der Waals surface area (Å²) in [7, 11) is -5.40. The van der Waals surface area contributed by atoms with Gasteiger partial charge in [-0.1, -0.05) is 0 Å². The number of aromatic hydroxyl groups is 1. The van der Waals surface area contributed by atoms with E-state index >= 15 is 0 Å². The molecule has 0 heterocycles. The predicted octanol–water partition coefficient (Wildman–Crippen LogP) is 6.50. The van der Waals surface area contributed by atoms with Crippen LogP contribution < -0.4 is 4.74 Å². The fourth-order valence-corrected chi connectivity index (χ4v) is 3.04. The van der Waals surface area contributed by atoms with Crippen LogP contribution in [0.3, 0.4) is 0 Å². The summed E-state index contributed by atoms with van der Waals surface area (Å²) in [5.74, 6) is -9.46. The van der Waals surface area contributed by atoms with Crippen molar-refractivity contribution in [2.24, 2.45) is 0 Å². The number of alkyl halides is 17. The van der Waals surface area contributed by atoms with Gasteiger partial charge in [-0.25, -0.2) is 8.78 Å². The average Bonchev–Trinajstić information content (AvgIpc) is 2.62. The van der Waals surface area contributed by atoms with E-state index in [1.165, 1.54) is 0 Å². The van der Waals surface area contributed by atoms with Gasteiger partial charge in [0.05, 0.1) is 10.5 Å². The van der Waals surface area contributed by atoms with Gasteiger partial charge in [-0.2, -0.15) is 74.3 Å². The fraction of sp³-hybridized carbons (Fsp3) is 0.467. The Morgan fingerprint density at radius 2 is 1.00 bits per heavy atom. The second kappa shape index (κ2) is 9.19. The Balaban J connectivity index is 4.54. The quantitative estimate of drug-likeness (QED) is 0.223. The van der Waals surface area contributed by atoms with E-state index in [0.717, 1.165) is 0 Å². The van der Waals surface area contributed by atoms with Crippen molar-refractivity contribution in [3.05, 3.63) is 29.5 Å². The summed E-state index contributed by atoms with van der Waals surface area (Å²) in [6, 6.07) is -1.06. The van der Waals surface area contributed by atoms with E-state index in [1.54, 1.807) is 0 Å². The minimum Gasteiger partial charge on any atom is -0.504 e. The molecule has 0 amide bonds. The molecule has 0 spiro atoms. The maximum Gasteiger partial charge on any atom is 0.449 e. The van der Waals surface area contributed by atoms with Crippen LogP contribution in [0.15, 0.2) is 34.4 Å². The van der Waals surface area contributed by atoms with Gasteiger partial charge in [0, 0.05) is 6.07 Å². The lowest BCUT2D eigenvalue weighted by atomic mass is 9.79. The molecule has 5 nitrogen and oxygen atoms in total. The molecule has 0 atom stereocenters. The smallest absolute Gasteiger partial charge is 0.449 e. The first kappa shape index (κ1) is 33.3. The van der Waals surface area contributed by atoms with Crippen molar-refractivity contribution in [3.8, 4) is 11.5 Å². The summed E-state index contributed by atoms with van der Waals surface area (Å²) in [6.07, 6.45) is -40.3. The van der Waals surface area contributed by atoms with Crippen LogP contribution in [0, 0.1) is 0 Å². The van der Waals surface area contributed by atoms with Crippen LogP contribution in [0.4, 0.5) is 74.6 Å². The van der Waals surface area contributed by atoms with E-state index in [1.807, 2.05) is 0 Å². The molecule has 220 valence electrons. The summed E-state index contributed by atoms with van der Waals surface area (Å²) < 4.78 is 260.